The van der Waals surface area contributed by atoms with E-state index in [1.807, 2.05) is 19.0 Å². The summed E-state index contributed by atoms with van der Waals surface area (Å²) >= 11 is 3.94. The van der Waals surface area contributed by atoms with Crippen molar-refractivity contribution >= 4 is 44.5 Å². The highest BCUT2D eigenvalue weighted by Crippen LogP contribution is 2.31. The Labute approximate surface area is 174 Å². The number of hydrogen-bond acceptors (Lipinski definition) is 6. The second-order valence-electron chi connectivity index (χ2n) is 6.06. The zero-order chi connectivity index (χ0) is 20.7. The Bertz CT molecular complexity index is 847. The number of ether oxygens (including phenoxy) is 1. The Balaban J connectivity index is 2.00. The van der Waals surface area contributed by atoms with Crippen LogP contribution in [0.2, 0.25) is 0 Å². The van der Waals surface area contributed by atoms with Crippen LogP contribution in [0.4, 0.5) is 14.2 Å². The molecule has 8 nitrogen and oxygen atoms in total. The number of aromatic carboxylic acids is 1. The van der Waals surface area contributed by atoms with Gasteiger partial charge < -0.3 is 20.1 Å². The second-order valence-corrected chi connectivity index (χ2v) is 7.75. The summed E-state index contributed by atoms with van der Waals surface area (Å²) in [7, 11) is 3.86. The molecule has 0 fully saturated rings. The van der Waals surface area contributed by atoms with E-state index in [0.717, 1.165) is 24.5 Å². The number of halogens is 2. The van der Waals surface area contributed by atoms with Gasteiger partial charge in [0, 0.05) is 16.6 Å². The fourth-order valence-corrected chi connectivity index (χ4v) is 3.23. The van der Waals surface area contributed by atoms with Crippen LogP contribution in [-0.4, -0.2) is 53.6 Å². The van der Waals surface area contributed by atoms with Gasteiger partial charge in [0.2, 0.25) is 5.88 Å². The van der Waals surface area contributed by atoms with Crippen molar-refractivity contribution in [2.24, 2.45) is 0 Å². The average Bonchev–Trinajstić information content (AvgIpc) is 3.00. The minimum absolute atomic E-state index is 0.0453. The third-order valence-electron chi connectivity index (χ3n) is 3.55. The minimum Gasteiger partial charge on any atom is -0.477 e. The second kappa shape index (κ2) is 10.3. The van der Waals surface area contributed by atoms with E-state index in [-0.39, 0.29) is 28.6 Å². The number of hydrogen-bond donors (Lipinski definition) is 3. The summed E-state index contributed by atoms with van der Waals surface area (Å²) in [5, 5.41) is 14.6. The van der Waals surface area contributed by atoms with Crippen molar-refractivity contribution in [2.45, 2.75) is 13.0 Å². The van der Waals surface area contributed by atoms with Gasteiger partial charge in [0.1, 0.15) is 17.4 Å². The van der Waals surface area contributed by atoms with Crippen LogP contribution in [0, 0.1) is 5.82 Å². The summed E-state index contributed by atoms with van der Waals surface area (Å²) in [6.07, 6.45) is 0.752. The molecule has 0 unspecified atom stereocenters. The van der Waals surface area contributed by atoms with Gasteiger partial charge in [0.25, 0.3) is 0 Å². The third-order valence-corrected chi connectivity index (χ3v) is 4.79. The molecule has 0 radical (unpaired) electrons. The lowest BCUT2D eigenvalue weighted by Crippen LogP contribution is -2.31. The maximum atomic E-state index is 13.9. The van der Waals surface area contributed by atoms with Gasteiger partial charge in [-0.15, -0.1) is 0 Å². The molecular weight excluding hydrogens is 455 g/mol. The molecule has 0 aliphatic carbocycles. The van der Waals surface area contributed by atoms with E-state index in [0.29, 0.717) is 11.0 Å². The van der Waals surface area contributed by atoms with E-state index in [4.69, 9.17) is 4.74 Å². The first-order valence-corrected chi connectivity index (χ1v) is 9.84. The Morgan fingerprint density at radius 1 is 1.39 bits per heavy atom. The SMILES string of the molecule is CN(C)CCCNC(=O)Nc1snc(OCc2ccc(Br)cc2F)c1C(=O)O. The number of carboxylic acid groups (broad SMARTS) is 1. The predicted molar refractivity (Wildman–Crippen MR) is 108 cm³/mol. The van der Waals surface area contributed by atoms with Crippen LogP contribution >= 0.6 is 27.5 Å². The number of carboxylic acids is 1. The molecule has 1 aromatic carbocycles. The van der Waals surface area contributed by atoms with Gasteiger partial charge in [-0.2, -0.15) is 4.37 Å². The van der Waals surface area contributed by atoms with Gasteiger partial charge in [-0.05, 0) is 50.7 Å². The van der Waals surface area contributed by atoms with E-state index in [2.05, 4.69) is 30.9 Å². The molecule has 152 valence electrons. The van der Waals surface area contributed by atoms with Crippen molar-refractivity contribution in [3.8, 4) is 5.88 Å². The lowest BCUT2D eigenvalue weighted by atomic mass is 10.2. The van der Waals surface area contributed by atoms with Crippen LogP contribution in [0.25, 0.3) is 0 Å². The van der Waals surface area contributed by atoms with Crippen molar-refractivity contribution in [3.63, 3.8) is 0 Å². The highest BCUT2D eigenvalue weighted by Gasteiger charge is 2.23. The van der Waals surface area contributed by atoms with Gasteiger partial charge in [0.05, 0.1) is 0 Å². The molecule has 0 bridgehead atoms. The standard InChI is InChI=1S/C17H20BrFN4O4S/c1-23(2)7-3-6-20-17(26)21-15-13(16(24)25)14(22-28-15)27-9-10-4-5-11(18)8-12(10)19/h4-5,8H,3,6-7,9H2,1-2H3,(H,24,25)(H2,20,21,26). The zero-order valence-corrected chi connectivity index (χ0v) is 17.7. The van der Waals surface area contributed by atoms with Crippen molar-refractivity contribution in [2.75, 3.05) is 32.5 Å². The summed E-state index contributed by atoms with van der Waals surface area (Å²) in [6.45, 7) is 1.06. The highest BCUT2D eigenvalue weighted by atomic mass is 79.9. The number of rotatable bonds is 9. The molecule has 0 aliphatic rings. The Morgan fingerprint density at radius 3 is 2.79 bits per heavy atom. The van der Waals surface area contributed by atoms with Crippen LogP contribution < -0.4 is 15.4 Å². The number of nitrogens with one attached hydrogen (secondary N) is 2. The van der Waals surface area contributed by atoms with Crippen LogP contribution in [0.1, 0.15) is 22.3 Å². The number of anilines is 1. The maximum absolute atomic E-state index is 13.9. The third kappa shape index (κ3) is 6.43. The van der Waals surface area contributed by atoms with E-state index in [9.17, 15) is 19.1 Å². The minimum atomic E-state index is -1.30. The van der Waals surface area contributed by atoms with Crippen molar-refractivity contribution in [1.29, 1.82) is 0 Å². The lowest BCUT2D eigenvalue weighted by Gasteiger charge is -2.10. The number of carbonyl (C=O) groups is 2. The molecule has 11 heteroatoms. The first-order chi connectivity index (χ1) is 13.3. The summed E-state index contributed by atoms with van der Waals surface area (Å²) in [5.41, 5.74) is -0.0216. The van der Waals surface area contributed by atoms with E-state index in [1.54, 1.807) is 6.07 Å². The summed E-state index contributed by atoms with van der Waals surface area (Å²) in [5.74, 6) is -1.97. The summed E-state index contributed by atoms with van der Waals surface area (Å²) in [4.78, 5) is 25.5. The molecule has 0 saturated carbocycles. The number of urea groups is 1. The number of carbonyl (C=O) groups excluding carboxylic acids is 1. The first-order valence-electron chi connectivity index (χ1n) is 8.27. The Morgan fingerprint density at radius 2 is 2.14 bits per heavy atom. The van der Waals surface area contributed by atoms with Crippen LogP contribution in [0.3, 0.4) is 0 Å². The molecular formula is C17H20BrFN4O4S. The van der Waals surface area contributed by atoms with Gasteiger partial charge in [-0.3, -0.25) is 5.32 Å². The Hall–Kier alpha value is -2.24. The predicted octanol–water partition coefficient (Wildman–Crippen LogP) is 3.40. The van der Waals surface area contributed by atoms with Crippen molar-refractivity contribution < 1.29 is 23.8 Å². The molecule has 0 spiro atoms. The number of amides is 2. The van der Waals surface area contributed by atoms with Gasteiger partial charge >= 0.3 is 12.0 Å². The normalized spacial score (nSPS) is 10.8. The van der Waals surface area contributed by atoms with Crippen molar-refractivity contribution in [1.82, 2.24) is 14.6 Å². The van der Waals surface area contributed by atoms with Gasteiger partial charge in [0.15, 0.2) is 5.56 Å². The number of nitrogens with zero attached hydrogens (tertiary/aromatic N) is 2. The van der Waals surface area contributed by atoms with Gasteiger partial charge in [-0.1, -0.05) is 22.0 Å². The monoisotopic (exact) mass is 474 g/mol. The molecule has 2 amide bonds. The average molecular weight is 475 g/mol. The fourth-order valence-electron chi connectivity index (χ4n) is 2.18. The van der Waals surface area contributed by atoms with Gasteiger partial charge in [-0.25, -0.2) is 14.0 Å². The number of aromatic nitrogens is 1. The highest BCUT2D eigenvalue weighted by molar-refractivity contribution is 9.10. The maximum Gasteiger partial charge on any atom is 0.344 e. The summed E-state index contributed by atoms with van der Waals surface area (Å²) < 4.78 is 23.8. The molecule has 1 heterocycles. The van der Waals surface area contributed by atoms with E-state index in [1.165, 1.54) is 12.1 Å². The molecule has 0 atom stereocenters. The smallest absolute Gasteiger partial charge is 0.344 e. The van der Waals surface area contributed by atoms with E-state index >= 15 is 0 Å². The summed E-state index contributed by atoms with van der Waals surface area (Å²) in [6, 6.07) is 3.92. The quantitative estimate of drug-likeness (QED) is 0.481. The molecule has 1 aromatic heterocycles. The lowest BCUT2D eigenvalue weighted by molar-refractivity contribution is 0.0693. The molecule has 0 saturated heterocycles. The zero-order valence-electron chi connectivity index (χ0n) is 15.3. The van der Waals surface area contributed by atoms with E-state index < -0.39 is 17.8 Å². The molecule has 2 aromatic rings. The van der Waals surface area contributed by atoms with Crippen molar-refractivity contribution in [3.05, 3.63) is 39.6 Å². The topological polar surface area (TPSA) is 104 Å². The molecule has 3 N–H and O–H groups in total. The van der Waals surface area contributed by atoms with Crippen LogP contribution in [0.5, 0.6) is 5.88 Å². The fraction of sp³-hybridized carbons (Fsp3) is 0.353. The van der Waals surface area contributed by atoms with Crippen LogP contribution in [0.15, 0.2) is 22.7 Å². The molecule has 0 aliphatic heterocycles. The number of benzene rings is 1. The largest absolute Gasteiger partial charge is 0.477 e. The molecule has 28 heavy (non-hydrogen) atoms. The Kier molecular flexibility index (Phi) is 8.15. The van der Waals surface area contributed by atoms with Crippen LogP contribution in [-0.2, 0) is 6.61 Å². The first kappa shape index (κ1) is 22.1. The molecule has 2 rings (SSSR count).